The molecule has 3 N–H and O–H groups in total. The first-order valence-corrected chi connectivity index (χ1v) is 5.05. The van der Waals surface area contributed by atoms with Crippen molar-refractivity contribution in [3.05, 3.63) is 12.7 Å². The van der Waals surface area contributed by atoms with Crippen LogP contribution in [-0.2, 0) is 0 Å². The predicted octanol–water partition coefficient (Wildman–Crippen LogP) is 0.775. The van der Waals surface area contributed by atoms with Gasteiger partial charge in [-0.3, -0.25) is 0 Å². The number of carbonyl (C=O) groups is 1. The zero-order chi connectivity index (χ0) is 10.4. The fourth-order valence-electron chi connectivity index (χ4n) is 1.62. The van der Waals surface area contributed by atoms with Crippen LogP contribution >= 0.6 is 0 Å². The molecular formula is C10H18N2O2. The highest BCUT2D eigenvalue weighted by Gasteiger charge is 2.20. The highest BCUT2D eigenvalue weighted by Crippen LogP contribution is 2.17. The Kier molecular flexibility index (Phi) is 4.46. The zero-order valence-electron chi connectivity index (χ0n) is 8.33. The number of rotatable bonds is 3. The van der Waals surface area contributed by atoms with Crippen LogP contribution in [0.15, 0.2) is 12.7 Å². The summed E-state index contributed by atoms with van der Waals surface area (Å²) >= 11 is 0. The van der Waals surface area contributed by atoms with Gasteiger partial charge in [0.2, 0.25) is 0 Å². The van der Waals surface area contributed by atoms with Gasteiger partial charge in [0.1, 0.15) is 0 Å². The van der Waals surface area contributed by atoms with Gasteiger partial charge >= 0.3 is 6.03 Å². The van der Waals surface area contributed by atoms with E-state index in [0.29, 0.717) is 6.54 Å². The molecule has 4 nitrogen and oxygen atoms in total. The molecule has 0 radical (unpaired) electrons. The minimum Gasteiger partial charge on any atom is -0.393 e. The van der Waals surface area contributed by atoms with Gasteiger partial charge in [0.25, 0.3) is 0 Å². The van der Waals surface area contributed by atoms with Gasteiger partial charge in [-0.2, -0.15) is 0 Å². The highest BCUT2D eigenvalue weighted by atomic mass is 16.3. The fourth-order valence-corrected chi connectivity index (χ4v) is 1.62. The van der Waals surface area contributed by atoms with Gasteiger partial charge in [-0.25, -0.2) is 4.79 Å². The van der Waals surface area contributed by atoms with Gasteiger partial charge in [-0.1, -0.05) is 6.08 Å². The fraction of sp³-hybridized carbons (Fsp3) is 0.700. The molecule has 1 saturated carbocycles. The molecule has 0 saturated heterocycles. The van der Waals surface area contributed by atoms with E-state index in [4.69, 9.17) is 0 Å². The number of amides is 2. The standard InChI is InChI=1S/C10H18N2O2/c1-2-7-11-10(14)12-8-3-5-9(13)6-4-8/h2,8-9,13H,1,3-7H2,(H2,11,12,14). The smallest absolute Gasteiger partial charge is 0.315 e. The Balaban J connectivity index is 2.17. The van der Waals surface area contributed by atoms with Crippen LogP contribution in [0.2, 0.25) is 0 Å². The van der Waals surface area contributed by atoms with Crippen LogP contribution in [0.5, 0.6) is 0 Å². The summed E-state index contributed by atoms with van der Waals surface area (Å²) < 4.78 is 0. The molecule has 80 valence electrons. The predicted molar refractivity (Wildman–Crippen MR) is 55.0 cm³/mol. The van der Waals surface area contributed by atoms with Crippen molar-refractivity contribution in [1.82, 2.24) is 10.6 Å². The summed E-state index contributed by atoms with van der Waals surface area (Å²) in [5.74, 6) is 0. The molecule has 0 aromatic carbocycles. The molecule has 0 bridgehead atoms. The third-order valence-electron chi connectivity index (χ3n) is 2.44. The second kappa shape index (κ2) is 5.65. The SMILES string of the molecule is C=CCNC(=O)NC1CCC(O)CC1. The number of nitrogens with one attached hydrogen (secondary N) is 2. The maximum atomic E-state index is 11.2. The Hall–Kier alpha value is -1.03. The van der Waals surface area contributed by atoms with Gasteiger partial charge in [-0.15, -0.1) is 6.58 Å². The summed E-state index contributed by atoms with van der Waals surface area (Å²) in [5.41, 5.74) is 0. The molecule has 1 aliphatic rings. The van der Waals surface area contributed by atoms with E-state index < -0.39 is 0 Å². The molecule has 0 aromatic rings. The first-order chi connectivity index (χ1) is 6.72. The lowest BCUT2D eigenvalue weighted by Crippen LogP contribution is -2.44. The van der Waals surface area contributed by atoms with E-state index in [2.05, 4.69) is 17.2 Å². The molecule has 0 unspecified atom stereocenters. The van der Waals surface area contributed by atoms with E-state index in [1.54, 1.807) is 6.08 Å². The van der Waals surface area contributed by atoms with E-state index in [0.717, 1.165) is 25.7 Å². The van der Waals surface area contributed by atoms with Gasteiger partial charge in [-0.05, 0) is 25.7 Å². The topological polar surface area (TPSA) is 61.4 Å². The molecule has 0 spiro atoms. The zero-order valence-corrected chi connectivity index (χ0v) is 8.33. The van der Waals surface area contributed by atoms with Crippen LogP contribution < -0.4 is 10.6 Å². The summed E-state index contributed by atoms with van der Waals surface area (Å²) in [6, 6.07) is 0.0644. The van der Waals surface area contributed by atoms with E-state index in [1.165, 1.54) is 0 Å². The number of urea groups is 1. The van der Waals surface area contributed by atoms with Crippen molar-refractivity contribution in [3.8, 4) is 0 Å². The van der Waals surface area contributed by atoms with Crippen LogP contribution in [0.3, 0.4) is 0 Å². The third-order valence-corrected chi connectivity index (χ3v) is 2.44. The van der Waals surface area contributed by atoms with Crippen LogP contribution in [0.1, 0.15) is 25.7 Å². The van der Waals surface area contributed by atoms with Crippen molar-refractivity contribution < 1.29 is 9.90 Å². The Bertz CT molecular complexity index is 198. The summed E-state index contributed by atoms with van der Waals surface area (Å²) in [7, 11) is 0. The van der Waals surface area contributed by atoms with E-state index in [1.807, 2.05) is 0 Å². The van der Waals surface area contributed by atoms with Crippen LogP contribution in [0, 0.1) is 0 Å². The number of hydrogen-bond donors (Lipinski definition) is 3. The van der Waals surface area contributed by atoms with E-state index in [-0.39, 0.29) is 18.2 Å². The maximum absolute atomic E-state index is 11.2. The molecular weight excluding hydrogens is 180 g/mol. The molecule has 0 aromatic heterocycles. The molecule has 1 fully saturated rings. The average Bonchev–Trinajstić information content (AvgIpc) is 2.18. The van der Waals surface area contributed by atoms with Gasteiger partial charge in [0, 0.05) is 12.6 Å². The molecule has 0 heterocycles. The van der Waals surface area contributed by atoms with E-state index in [9.17, 15) is 9.90 Å². The number of hydrogen-bond acceptors (Lipinski definition) is 2. The normalized spacial score (nSPS) is 26.6. The summed E-state index contributed by atoms with van der Waals surface area (Å²) in [4.78, 5) is 11.2. The molecule has 1 aliphatic carbocycles. The molecule has 0 aliphatic heterocycles. The van der Waals surface area contributed by atoms with Crippen molar-refractivity contribution in [2.24, 2.45) is 0 Å². The molecule has 1 rings (SSSR count). The van der Waals surface area contributed by atoms with Gasteiger partial charge in [0.15, 0.2) is 0 Å². The number of carbonyl (C=O) groups excluding carboxylic acids is 1. The first-order valence-electron chi connectivity index (χ1n) is 5.05. The lowest BCUT2D eigenvalue weighted by molar-refractivity contribution is 0.117. The Morgan fingerprint density at radius 3 is 2.64 bits per heavy atom. The monoisotopic (exact) mass is 198 g/mol. The average molecular weight is 198 g/mol. The first kappa shape index (κ1) is 11.0. The Morgan fingerprint density at radius 1 is 1.43 bits per heavy atom. The van der Waals surface area contributed by atoms with Crippen LogP contribution in [0.25, 0.3) is 0 Å². The third kappa shape index (κ3) is 3.79. The largest absolute Gasteiger partial charge is 0.393 e. The second-order valence-corrected chi connectivity index (χ2v) is 3.65. The Morgan fingerprint density at radius 2 is 2.07 bits per heavy atom. The minimum atomic E-state index is -0.177. The quantitative estimate of drug-likeness (QED) is 0.587. The van der Waals surface area contributed by atoms with Crippen molar-refractivity contribution in [3.63, 3.8) is 0 Å². The van der Waals surface area contributed by atoms with Crippen molar-refractivity contribution >= 4 is 6.03 Å². The van der Waals surface area contributed by atoms with Crippen LogP contribution in [0.4, 0.5) is 4.79 Å². The summed E-state index contributed by atoms with van der Waals surface area (Å²) in [5, 5.41) is 14.8. The molecule has 14 heavy (non-hydrogen) atoms. The lowest BCUT2D eigenvalue weighted by atomic mass is 9.93. The van der Waals surface area contributed by atoms with Crippen molar-refractivity contribution in [2.75, 3.05) is 6.54 Å². The molecule has 2 amide bonds. The number of aliphatic hydroxyl groups excluding tert-OH is 1. The second-order valence-electron chi connectivity index (χ2n) is 3.65. The van der Waals surface area contributed by atoms with Crippen LogP contribution in [-0.4, -0.2) is 29.8 Å². The lowest BCUT2D eigenvalue weighted by Gasteiger charge is -2.26. The maximum Gasteiger partial charge on any atom is 0.315 e. The highest BCUT2D eigenvalue weighted by molar-refractivity contribution is 5.74. The van der Waals surface area contributed by atoms with Crippen molar-refractivity contribution in [1.29, 1.82) is 0 Å². The van der Waals surface area contributed by atoms with Crippen molar-refractivity contribution in [2.45, 2.75) is 37.8 Å². The van der Waals surface area contributed by atoms with Gasteiger partial charge in [0.05, 0.1) is 6.10 Å². The molecule has 0 atom stereocenters. The Labute approximate surface area is 84.4 Å². The summed E-state index contributed by atoms with van der Waals surface area (Å²) in [6.45, 7) is 4.00. The number of aliphatic hydroxyl groups is 1. The minimum absolute atomic E-state index is 0.147. The van der Waals surface area contributed by atoms with Gasteiger partial charge < -0.3 is 15.7 Å². The van der Waals surface area contributed by atoms with E-state index >= 15 is 0 Å². The summed E-state index contributed by atoms with van der Waals surface area (Å²) in [6.07, 6.45) is 4.76. The molecule has 4 heteroatoms.